The first-order valence-corrected chi connectivity index (χ1v) is 30.3. The Hall–Kier alpha value is -1.14. The number of rotatable bonds is 57. The first-order chi connectivity index (χ1) is 32.5. The van der Waals surface area contributed by atoms with E-state index in [1.54, 1.807) is 0 Å². The Balaban J connectivity index is 3.43. The van der Waals surface area contributed by atoms with Gasteiger partial charge in [-0.3, -0.25) is 9.59 Å². The number of carbonyl (C=O) groups is 2. The summed E-state index contributed by atoms with van der Waals surface area (Å²) in [6, 6.07) is -0.555. The van der Waals surface area contributed by atoms with Gasteiger partial charge in [0.25, 0.3) is 0 Å². The average molecular weight is 935 g/mol. The molecule has 6 heteroatoms. The van der Waals surface area contributed by atoms with Crippen molar-refractivity contribution >= 4 is 11.9 Å². The molecule has 0 rings (SSSR count). The Morgan fingerprint density at radius 3 is 0.924 bits per heavy atom. The van der Waals surface area contributed by atoms with Gasteiger partial charge in [-0.25, -0.2) is 0 Å². The summed E-state index contributed by atoms with van der Waals surface area (Å²) in [4.78, 5) is 24.6. The second-order valence-electron chi connectivity index (χ2n) is 21.1. The number of amides is 1. The monoisotopic (exact) mass is 934 g/mol. The number of esters is 1. The van der Waals surface area contributed by atoms with Crippen LogP contribution in [0.25, 0.3) is 0 Å². The van der Waals surface area contributed by atoms with Gasteiger partial charge in [0, 0.05) is 12.8 Å². The van der Waals surface area contributed by atoms with E-state index in [9.17, 15) is 19.8 Å². The summed E-state index contributed by atoms with van der Waals surface area (Å²) in [5.74, 6) is -0.0567. The molecule has 0 aromatic carbocycles. The molecule has 0 radical (unpaired) electrons. The lowest BCUT2D eigenvalue weighted by atomic mass is 10.0. The molecule has 394 valence electrons. The zero-order valence-corrected chi connectivity index (χ0v) is 45.0. The highest BCUT2D eigenvalue weighted by atomic mass is 16.5. The third-order valence-corrected chi connectivity index (χ3v) is 14.4. The minimum absolute atomic E-state index is 0.00768. The summed E-state index contributed by atoms with van der Waals surface area (Å²) in [5.41, 5.74) is 0. The molecule has 0 aromatic heterocycles. The van der Waals surface area contributed by atoms with Crippen LogP contribution in [-0.4, -0.2) is 47.4 Å². The van der Waals surface area contributed by atoms with Crippen molar-refractivity contribution in [2.75, 3.05) is 13.2 Å². The van der Waals surface area contributed by atoms with Gasteiger partial charge < -0.3 is 20.3 Å². The largest absolute Gasteiger partial charge is 0.466 e. The van der Waals surface area contributed by atoms with Gasteiger partial charge >= 0.3 is 5.97 Å². The predicted molar refractivity (Wildman–Crippen MR) is 287 cm³/mol. The quantitative estimate of drug-likeness (QED) is 0.0417. The second kappa shape index (κ2) is 56.4. The van der Waals surface area contributed by atoms with E-state index in [2.05, 4.69) is 19.2 Å². The smallest absolute Gasteiger partial charge is 0.305 e. The zero-order valence-electron chi connectivity index (χ0n) is 45.0. The zero-order chi connectivity index (χ0) is 47.9. The lowest BCUT2D eigenvalue weighted by molar-refractivity contribution is -0.143. The van der Waals surface area contributed by atoms with Gasteiger partial charge in [0.15, 0.2) is 0 Å². The first-order valence-electron chi connectivity index (χ1n) is 30.3. The molecular formula is C60H119NO5. The van der Waals surface area contributed by atoms with Crippen LogP contribution < -0.4 is 5.32 Å². The molecule has 0 aromatic rings. The molecule has 3 N–H and O–H groups in total. The molecule has 2 atom stereocenters. The molecule has 6 nitrogen and oxygen atoms in total. The van der Waals surface area contributed by atoms with E-state index in [0.717, 1.165) is 57.8 Å². The molecule has 0 saturated heterocycles. The van der Waals surface area contributed by atoms with Gasteiger partial charge in [0.2, 0.25) is 5.91 Å². The van der Waals surface area contributed by atoms with Crippen molar-refractivity contribution in [1.29, 1.82) is 0 Å². The van der Waals surface area contributed by atoms with Crippen LogP contribution in [-0.2, 0) is 14.3 Å². The van der Waals surface area contributed by atoms with Crippen molar-refractivity contribution < 1.29 is 24.5 Å². The molecular weight excluding hydrogens is 815 g/mol. The molecule has 0 aliphatic rings. The summed E-state index contributed by atoms with van der Waals surface area (Å²) < 4.78 is 5.48. The number of carbonyl (C=O) groups excluding carboxylic acids is 2. The summed E-state index contributed by atoms with van der Waals surface area (Å²) in [5, 5.41) is 23.3. The number of aliphatic hydroxyl groups excluding tert-OH is 2. The highest BCUT2D eigenvalue weighted by Crippen LogP contribution is 2.18. The molecule has 0 saturated carbocycles. The fourth-order valence-corrected chi connectivity index (χ4v) is 9.76. The molecule has 66 heavy (non-hydrogen) atoms. The minimum Gasteiger partial charge on any atom is -0.466 e. The minimum atomic E-state index is -0.676. The molecule has 0 bridgehead atoms. The van der Waals surface area contributed by atoms with Crippen molar-refractivity contribution in [3.63, 3.8) is 0 Å². The van der Waals surface area contributed by atoms with E-state index < -0.39 is 12.1 Å². The molecule has 0 heterocycles. The highest BCUT2D eigenvalue weighted by molar-refractivity contribution is 5.76. The van der Waals surface area contributed by atoms with Crippen LogP contribution in [0, 0.1) is 0 Å². The summed E-state index contributed by atoms with van der Waals surface area (Å²) in [7, 11) is 0. The van der Waals surface area contributed by atoms with Crippen molar-refractivity contribution in [2.24, 2.45) is 0 Å². The van der Waals surface area contributed by atoms with E-state index in [4.69, 9.17) is 4.74 Å². The number of hydrogen-bond acceptors (Lipinski definition) is 5. The van der Waals surface area contributed by atoms with E-state index in [0.29, 0.717) is 25.9 Å². The maximum absolute atomic E-state index is 12.5. The van der Waals surface area contributed by atoms with E-state index in [1.807, 2.05) is 0 Å². The van der Waals surface area contributed by atoms with E-state index >= 15 is 0 Å². The summed E-state index contributed by atoms with van der Waals surface area (Å²) in [6.45, 7) is 4.95. The third-order valence-electron chi connectivity index (χ3n) is 14.4. The van der Waals surface area contributed by atoms with Gasteiger partial charge in [-0.15, -0.1) is 0 Å². The second-order valence-corrected chi connectivity index (χ2v) is 21.1. The molecule has 0 aliphatic carbocycles. The standard InChI is InChI=1S/C60H119NO5/c1-3-5-7-9-11-13-15-17-19-21-23-24-25-27-29-32-36-40-44-48-52-58(63)57(56-62)61-59(64)53-49-45-41-37-33-31-35-39-43-47-51-55-66-60(65)54-50-46-42-38-34-30-28-26-22-20-18-16-14-12-10-8-6-4-2/h57-58,62-63H,3-56H2,1-2H3,(H,61,64). The topological polar surface area (TPSA) is 95.9 Å². The Kier molecular flexibility index (Phi) is 55.5. The highest BCUT2D eigenvalue weighted by Gasteiger charge is 2.20. The van der Waals surface area contributed by atoms with Crippen LogP contribution in [0.4, 0.5) is 0 Å². The molecule has 0 spiro atoms. The van der Waals surface area contributed by atoms with Crippen LogP contribution in [0.3, 0.4) is 0 Å². The molecule has 0 aliphatic heterocycles. The van der Waals surface area contributed by atoms with Crippen LogP contribution in [0.15, 0.2) is 0 Å². The van der Waals surface area contributed by atoms with Crippen molar-refractivity contribution in [3.05, 3.63) is 0 Å². The van der Waals surface area contributed by atoms with Gasteiger partial charge in [-0.05, 0) is 25.7 Å². The fraction of sp³-hybridized carbons (Fsp3) is 0.967. The van der Waals surface area contributed by atoms with Crippen molar-refractivity contribution in [3.8, 4) is 0 Å². The number of nitrogens with one attached hydrogen (secondary N) is 1. The maximum atomic E-state index is 12.5. The number of unbranched alkanes of at least 4 members (excludes halogenated alkanes) is 46. The van der Waals surface area contributed by atoms with E-state index in [-0.39, 0.29) is 18.5 Å². The van der Waals surface area contributed by atoms with Crippen molar-refractivity contribution in [1.82, 2.24) is 5.32 Å². The Bertz CT molecular complexity index is 944. The lowest BCUT2D eigenvalue weighted by Gasteiger charge is -2.22. The number of ether oxygens (including phenoxy) is 1. The molecule has 1 amide bonds. The lowest BCUT2D eigenvalue weighted by Crippen LogP contribution is -2.45. The maximum Gasteiger partial charge on any atom is 0.305 e. The predicted octanol–water partition coefficient (Wildman–Crippen LogP) is 18.7. The SMILES string of the molecule is CCCCCCCCCCCCCCCCCCCCCCC(O)C(CO)NC(=O)CCCCCCCCCCCCCOC(=O)CCCCCCCCCCCCCCCCCCCC. The molecule has 0 fully saturated rings. The summed E-state index contributed by atoms with van der Waals surface area (Å²) >= 11 is 0. The van der Waals surface area contributed by atoms with Gasteiger partial charge in [-0.1, -0.05) is 309 Å². The Morgan fingerprint density at radius 1 is 0.364 bits per heavy atom. The van der Waals surface area contributed by atoms with Crippen LogP contribution >= 0.6 is 0 Å². The van der Waals surface area contributed by atoms with Crippen LogP contribution in [0.5, 0.6) is 0 Å². The third kappa shape index (κ3) is 52.2. The van der Waals surface area contributed by atoms with Gasteiger partial charge in [0.05, 0.1) is 25.4 Å². The van der Waals surface area contributed by atoms with Crippen LogP contribution in [0.1, 0.15) is 348 Å². The number of aliphatic hydroxyl groups is 2. The summed E-state index contributed by atoms with van der Waals surface area (Å²) in [6.07, 6.45) is 65.2. The first kappa shape index (κ1) is 64.9. The average Bonchev–Trinajstić information content (AvgIpc) is 3.32. The van der Waals surface area contributed by atoms with Crippen molar-refractivity contribution in [2.45, 2.75) is 360 Å². The number of hydrogen-bond donors (Lipinski definition) is 3. The van der Waals surface area contributed by atoms with Crippen LogP contribution in [0.2, 0.25) is 0 Å². The fourth-order valence-electron chi connectivity index (χ4n) is 9.76. The Labute approximate surface area is 413 Å². The Morgan fingerprint density at radius 2 is 0.621 bits per heavy atom. The van der Waals surface area contributed by atoms with Gasteiger partial charge in [-0.2, -0.15) is 0 Å². The van der Waals surface area contributed by atoms with Gasteiger partial charge in [0.1, 0.15) is 0 Å². The normalized spacial score (nSPS) is 12.5. The molecule has 2 unspecified atom stereocenters. The van der Waals surface area contributed by atoms with E-state index in [1.165, 1.54) is 257 Å².